The van der Waals surface area contributed by atoms with Crippen LogP contribution in [0.1, 0.15) is 64.5 Å². The van der Waals surface area contributed by atoms with Crippen LogP contribution in [-0.2, 0) is 9.53 Å². The average molecular weight is 398 g/mol. The predicted octanol–water partition coefficient (Wildman–Crippen LogP) is 6.39. The number of hydrogen-bond acceptors (Lipinski definition) is 4. The largest absolute Gasteiger partial charge is 0.495 e. The number of benzene rings is 2. The van der Waals surface area contributed by atoms with Crippen molar-refractivity contribution in [2.24, 2.45) is 5.92 Å². The lowest BCUT2D eigenvalue weighted by Crippen LogP contribution is -2.32. The number of nitrogens with one attached hydrogen (secondary N) is 1. The number of carbonyl (C=O) groups excluding carboxylic acids is 1. The summed E-state index contributed by atoms with van der Waals surface area (Å²) in [6.45, 7) is 6.47. The first kappa shape index (κ1) is 22.8. The smallest absolute Gasteiger partial charge is 0.333 e. The minimum absolute atomic E-state index is 0.0620. The molecule has 0 spiro atoms. The van der Waals surface area contributed by atoms with E-state index in [0.29, 0.717) is 11.7 Å². The van der Waals surface area contributed by atoms with Gasteiger partial charge in [0.25, 0.3) is 0 Å². The van der Waals surface area contributed by atoms with Crippen LogP contribution >= 0.6 is 0 Å². The summed E-state index contributed by atoms with van der Waals surface area (Å²) >= 11 is 0. The second-order valence-corrected chi connectivity index (χ2v) is 7.41. The molecule has 158 valence electrons. The van der Waals surface area contributed by atoms with Crippen LogP contribution in [0.25, 0.3) is 0 Å². The Bertz CT molecular complexity index is 726. The highest BCUT2D eigenvalue weighted by atomic mass is 16.5. The van der Waals surface area contributed by atoms with E-state index < -0.39 is 6.04 Å². The molecule has 1 N–H and O–H groups in total. The number of para-hydroxylation sites is 2. The number of methoxy groups -OCH3 is 1. The third-order valence-corrected chi connectivity index (χ3v) is 5.29. The van der Waals surface area contributed by atoms with Crippen LogP contribution in [0.15, 0.2) is 54.6 Å². The minimum Gasteiger partial charge on any atom is -0.495 e. The number of esters is 1. The number of ether oxygens (including phenoxy) is 2. The minimum atomic E-state index is -0.592. The van der Waals surface area contributed by atoms with E-state index in [-0.39, 0.29) is 12.1 Å². The zero-order chi connectivity index (χ0) is 21.1. The fraction of sp³-hybridized carbons (Fsp3) is 0.480. The van der Waals surface area contributed by atoms with Crippen LogP contribution < -0.4 is 10.1 Å². The molecule has 0 aromatic heterocycles. The summed E-state index contributed by atoms with van der Waals surface area (Å²) in [5, 5.41) is 3.35. The van der Waals surface area contributed by atoms with Gasteiger partial charge in [0.1, 0.15) is 11.9 Å². The topological polar surface area (TPSA) is 47.6 Å². The van der Waals surface area contributed by atoms with Crippen LogP contribution in [0.5, 0.6) is 5.75 Å². The van der Waals surface area contributed by atoms with Crippen LogP contribution in [0.4, 0.5) is 5.69 Å². The van der Waals surface area contributed by atoms with E-state index in [1.807, 2.05) is 54.6 Å². The number of anilines is 1. The van der Waals surface area contributed by atoms with Gasteiger partial charge >= 0.3 is 5.97 Å². The van der Waals surface area contributed by atoms with Crippen LogP contribution in [0.3, 0.4) is 0 Å². The first-order chi connectivity index (χ1) is 14.1. The van der Waals surface area contributed by atoms with Gasteiger partial charge in [0.05, 0.1) is 12.8 Å². The van der Waals surface area contributed by atoms with Gasteiger partial charge in [-0.2, -0.15) is 0 Å². The molecule has 2 atom stereocenters. The van der Waals surface area contributed by atoms with E-state index in [1.165, 1.54) is 0 Å². The quantitative estimate of drug-likeness (QED) is 0.422. The molecule has 0 fully saturated rings. The Morgan fingerprint density at radius 1 is 0.931 bits per heavy atom. The summed E-state index contributed by atoms with van der Waals surface area (Å²) < 4.78 is 11.5. The molecule has 2 aromatic carbocycles. The molecule has 0 radical (unpaired) electrons. The van der Waals surface area contributed by atoms with E-state index in [0.717, 1.165) is 43.4 Å². The van der Waals surface area contributed by atoms with Gasteiger partial charge in [-0.05, 0) is 42.9 Å². The second kappa shape index (κ2) is 12.2. The van der Waals surface area contributed by atoms with Crippen molar-refractivity contribution in [1.82, 2.24) is 0 Å². The third-order valence-electron chi connectivity index (χ3n) is 5.29. The summed E-state index contributed by atoms with van der Waals surface area (Å²) in [5.74, 6) is 0.857. The van der Waals surface area contributed by atoms with Crippen LogP contribution in [0.2, 0.25) is 0 Å². The SMILES string of the molecule is CCCC(CCC)[C@H](CC)OC(=O)C(Nc1ccccc1OC)c1ccccc1. The van der Waals surface area contributed by atoms with Gasteiger partial charge < -0.3 is 14.8 Å². The molecule has 0 saturated carbocycles. The molecule has 0 aliphatic rings. The van der Waals surface area contributed by atoms with E-state index in [1.54, 1.807) is 7.11 Å². The Labute approximate surface area is 175 Å². The Hall–Kier alpha value is -2.49. The number of hydrogen-bond donors (Lipinski definition) is 1. The maximum Gasteiger partial charge on any atom is 0.333 e. The van der Waals surface area contributed by atoms with Gasteiger partial charge in [-0.25, -0.2) is 4.79 Å². The number of rotatable bonds is 12. The molecule has 0 heterocycles. The van der Waals surface area contributed by atoms with Crippen LogP contribution in [0, 0.1) is 5.92 Å². The molecular weight excluding hydrogens is 362 g/mol. The van der Waals surface area contributed by atoms with E-state index in [9.17, 15) is 4.79 Å². The van der Waals surface area contributed by atoms with Gasteiger partial charge in [0.15, 0.2) is 6.04 Å². The molecule has 0 aliphatic carbocycles. The molecule has 1 unspecified atom stereocenters. The van der Waals surface area contributed by atoms with Crippen molar-refractivity contribution >= 4 is 11.7 Å². The Morgan fingerprint density at radius 3 is 2.14 bits per heavy atom. The predicted molar refractivity (Wildman–Crippen MR) is 119 cm³/mol. The maximum atomic E-state index is 13.3. The monoisotopic (exact) mass is 397 g/mol. The van der Waals surface area contributed by atoms with E-state index in [2.05, 4.69) is 26.1 Å². The summed E-state index contributed by atoms with van der Waals surface area (Å²) in [6, 6.07) is 16.8. The van der Waals surface area contributed by atoms with Gasteiger partial charge in [0.2, 0.25) is 0 Å². The summed E-state index contributed by atoms with van der Waals surface area (Å²) in [6.07, 6.45) is 5.12. The second-order valence-electron chi connectivity index (χ2n) is 7.41. The van der Waals surface area contributed by atoms with Crippen molar-refractivity contribution < 1.29 is 14.3 Å². The van der Waals surface area contributed by atoms with Crippen molar-refractivity contribution in [3.63, 3.8) is 0 Å². The fourth-order valence-electron chi connectivity index (χ4n) is 3.83. The standard InChI is InChI=1S/C25H35NO3/c1-5-13-19(14-6-2)22(7-3)29-25(27)24(20-15-9-8-10-16-20)26-21-17-11-12-18-23(21)28-4/h8-12,15-19,22,24,26H,5-7,13-14H2,1-4H3/t22-,24?/m0/s1. The first-order valence-corrected chi connectivity index (χ1v) is 10.8. The van der Waals surface area contributed by atoms with Crippen molar-refractivity contribution in [3.05, 3.63) is 60.2 Å². The number of carbonyl (C=O) groups is 1. The Morgan fingerprint density at radius 2 is 1.55 bits per heavy atom. The van der Waals surface area contributed by atoms with Crippen LogP contribution in [-0.4, -0.2) is 19.2 Å². The van der Waals surface area contributed by atoms with Crippen molar-refractivity contribution in [1.29, 1.82) is 0 Å². The molecule has 2 rings (SSSR count). The maximum absolute atomic E-state index is 13.3. The molecular formula is C25H35NO3. The molecule has 0 aliphatic heterocycles. The summed E-state index contributed by atoms with van der Waals surface area (Å²) in [5.41, 5.74) is 1.65. The molecule has 0 bridgehead atoms. The molecule has 4 heteroatoms. The van der Waals surface area contributed by atoms with E-state index in [4.69, 9.17) is 9.47 Å². The highest BCUT2D eigenvalue weighted by Gasteiger charge is 2.28. The molecule has 29 heavy (non-hydrogen) atoms. The molecule has 4 nitrogen and oxygen atoms in total. The summed E-state index contributed by atoms with van der Waals surface area (Å²) in [7, 11) is 1.63. The van der Waals surface area contributed by atoms with Gasteiger partial charge in [-0.1, -0.05) is 76.1 Å². The highest BCUT2D eigenvalue weighted by molar-refractivity contribution is 5.82. The van der Waals surface area contributed by atoms with Gasteiger partial charge in [0, 0.05) is 0 Å². The van der Waals surface area contributed by atoms with Crippen molar-refractivity contribution in [3.8, 4) is 5.75 Å². The highest BCUT2D eigenvalue weighted by Crippen LogP contribution is 2.30. The van der Waals surface area contributed by atoms with Crippen molar-refractivity contribution in [2.75, 3.05) is 12.4 Å². The molecule has 0 amide bonds. The van der Waals surface area contributed by atoms with E-state index >= 15 is 0 Å². The molecule has 0 saturated heterocycles. The summed E-state index contributed by atoms with van der Waals surface area (Å²) in [4.78, 5) is 13.3. The average Bonchev–Trinajstić information content (AvgIpc) is 2.76. The zero-order valence-corrected chi connectivity index (χ0v) is 18.2. The Balaban J connectivity index is 2.27. The normalized spacial score (nSPS) is 13.0. The lowest BCUT2D eigenvalue weighted by atomic mass is 9.91. The van der Waals surface area contributed by atoms with Gasteiger partial charge in [-0.15, -0.1) is 0 Å². The lowest BCUT2D eigenvalue weighted by Gasteiger charge is -2.28. The third kappa shape index (κ3) is 6.52. The van der Waals surface area contributed by atoms with Gasteiger partial charge in [-0.3, -0.25) is 0 Å². The zero-order valence-electron chi connectivity index (χ0n) is 18.2. The van der Waals surface area contributed by atoms with Crippen molar-refractivity contribution in [2.45, 2.75) is 65.0 Å². The lowest BCUT2D eigenvalue weighted by molar-refractivity contribution is -0.153. The Kier molecular flexibility index (Phi) is 9.55. The first-order valence-electron chi connectivity index (χ1n) is 10.8. The fourth-order valence-corrected chi connectivity index (χ4v) is 3.83. The molecule has 2 aromatic rings.